The van der Waals surface area contributed by atoms with Gasteiger partial charge in [0.15, 0.2) is 0 Å². The molecule has 0 N–H and O–H groups in total. The normalized spacial score (nSPS) is 13.2. The molecule has 0 aliphatic heterocycles. The summed E-state index contributed by atoms with van der Waals surface area (Å²) in [5.41, 5.74) is -8.13. The summed E-state index contributed by atoms with van der Waals surface area (Å²) in [6, 6.07) is 11.3. The fourth-order valence-corrected chi connectivity index (χ4v) is 4.10. The summed E-state index contributed by atoms with van der Waals surface area (Å²) < 4.78 is 160. The molecule has 0 radical (unpaired) electrons. The van der Waals surface area contributed by atoms with Crippen molar-refractivity contribution in [1.82, 2.24) is 0 Å². The number of alkyl halides is 9. The van der Waals surface area contributed by atoms with Gasteiger partial charge in [0.05, 0.1) is 11.1 Å². The maximum absolute atomic E-state index is 11.4. The number of rotatable bonds is 3. The summed E-state index contributed by atoms with van der Waals surface area (Å²) in [7, 11) is -13.7. The number of halogens is 9. The summed E-state index contributed by atoms with van der Waals surface area (Å²) in [6.07, 6.45) is 0. The van der Waals surface area contributed by atoms with Crippen molar-refractivity contribution in [3.8, 4) is 11.1 Å². The van der Waals surface area contributed by atoms with Crippen molar-refractivity contribution < 1.29 is 120 Å². The van der Waals surface area contributed by atoms with E-state index < -0.39 is 47.8 Å². The van der Waals surface area contributed by atoms with Gasteiger partial charge < -0.3 is 4.55 Å². The second-order valence-corrected chi connectivity index (χ2v) is 11.9. The first-order valence-electron chi connectivity index (χ1n) is 9.78. The van der Waals surface area contributed by atoms with Gasteiger partial charge in [-0.05, 0) is 62.4 Å². The number of benzene rings is 2. The monoisotopic (exact) mass is 678 g/mol. The van der Waals surface area contributed by atoms with Crippen LogP contribution in [0, 0.1) is 34.6 Å². The Balaban J connectivity index is 0. The minimum atomic E-state index is -6.85. The molecule has 0 aliphatic rings. The summed E-state index contributed by atoms with van der Waals surface area (Å²) in [6.45, 7) is 10.9. The zero-order valence-electron chi connectivity index (χ0n) is 21.4. The Bertz CT molecular complexity index is 1320. The van der Waals surface area contributed by atoms with Crippen LogP contribution in [0.25, 0.3) is 11.1 Å². The van der Waals surface area contributed by atoms with Crippen LogP contribution >= 0.6 is 0 Å². The Kier molecular flexibility index (Phi) is 15.8. The largest absolute Gasteiger partial charge is 1.00 e. The van der Waals surface area contributed by atoms with Gasteiger partial charge in [-0.25, -0.2) is 0 Å². The number of hydrogen-bond acceptors (Lipinski definition) is 7. The summed E-state index contributed by atoms with van der Waals surface area (Å²) >= 11 is -3.93. The molecule has 20 heteroatoms. The third kappa shape index (κ3) is 13.2. The van der Waals surface area contributed by atoms with Crippen molar-refractivity contribution in [1.29, 1.82) is 0 Å². The summed E-state index contributed by atoms with van der Waals surface area (Å²) in [5.74, 6) is 0. The van der Waals surface area contributed by atoms with Crippen LogP contribution in [0.3, 0.4) is 0 Å². The average Bonchev–Trinajstić information content (AvgIpc) is 2.68. The van der Waals surface area contributed by atoms with Crippen molar-refractivity contribution in [2.45, 2.75) is 51.1 Å². The van der Waals surface area contributed by atoms with E-state index in [2.05, 4.69) is 65.0 Å². The Morgan fingerprint density at radius 1 is 0.650 bits per heavy atom. The predicted molar refractivity (Wildman–Crippen MR) is 122 cm³/mol. The molecule has 2 aromatic rings. The van der Waals surface area contributed by atoms with E-state index in [9.17, 15) is 56.3 Å². The predicted octanol–water partition coefficient (Wildman–Crippen LogP) is 2.99. The smallest absolute Gasteiger partial charge is 0.766 e. The van der Waals surface area contributed by atoms with Crippen LogP contribution in [0.15, 0.2) is 30.3 Å². The van der Waals surface area contributed by atoms with Gasteiger partial charge in [0.1, 0.15) is 0 Å². The van der Waals surface area contributed by atoms with Gasteiger partial charge in [0.25, 0.3) is 0 Å². The zero-order chi connectivity index (χ0) is 31.4. The quantitative estimate of drug-likeness (QED) is 0.212. The first-order valence-corrected chi connectivity index (χ1v) is 13.7. The topological polar surface area (TPSA) is 118 Å². The van der Waals surface area contributed by atoms with E-state index >= 15 is 0 Å². The van der Waals surface area contributed by atoms with E-state index in [1.165, 1.54) is 38.9 Å². The van der Waals surface area contributed by atoms with E-state index in [1.54, 1.807) is 0 Å². The molecule has 1 unspecified atom stereocenters. The van der Waals surface area contributed by atoms with Crippen LogP contribution < -0.4 is 51.4 Å². The molecule has 224 valence electrons. The molecule has 40 heavy (non-hydrogen) atoms. The van der Waals surface area contributed by atoms with E-state index in [1.807, 2.05) is 3.63 Å². The fraction of sp³-hybridized carbons (Fsp3) is 0.400. The molecule has 0 saturated heterocycles. The second-order valence-electron chi connectivity index (χ2n) is 7.66. The van der Waals surface area contributed by atoms with Gasteiger partial charge >= 0.3 is 88.1 Å². The first kappa shape index (κ1) is 41.6. The van der Waals surface area contributed by atoms with E-state index in [4.69, 9.17) is 8.76 Å². The molecule has 1 atom stereocenters. The Hall–Kier alpha value is -0.584. The molecule has 0 spiro atoms. The molecule has 0 aliphatic carbocycles. The maximum atomic E-state index is 11.4. The van der Waals surface area contributed by atoms with Crippen LogP contribution in [0.4, 0.5) is 39.5 Å². The molecule has 0 amide bonds. The second kappa shape index (κ2) is 15.2. The maximum Gasteiger partial charge on any atom is 1.00 e. The molecule has 2 aromatic carbocycles. The molecule has 0 bridgehead atoms. The number of aryl methyl sites for hydroxylation is 4. The van der Waals surface area contributed by atoms with Gasteiger partial charge in [-0.3, -0.25) is 4.21 Å². The third-order valence-corrected chi connectivity index (χ3v) is 7.36. The van der Waals surface area contributed by atoms with E-state index in [0.717, 1.165) is 0 Å². The molecule has 0 saturated carbocycles. The molecular formula is C20H20F9KO7S3. The molecular weight excluding hydrogens is 658 g/mol. The van der Waals surface area contributed by atoms with Crippen molar-refractivity contribution in [3.05, 3.63) is 58.1 Å². The van der Waals surface area contributed by atoms with Crippen LogP contribution in [0.1, 0.15) is 27.8 Å². The van der Waals surface area contributed by atoms with Gasteiger partial charge in [-0.2, -0.15) is 56.3 Å². The van der Waals surface area contributed by atoms with Crippen LogP contribution in [0.5, 0.6) is 0 Å². The van der Waals surface area contributed by atoms with Crippen molar-refractivity contribution in [2.75, 3.05) is 0 Å². The zero-order valence-corrected chi connectivity index (χ0v) is 26.9. The van der Waals surface area contributed by atoms with E-state index in [0.29, 0.717) is 0 Å². The molecule has 0 heterocycles. The van der Waals surface area contributed by atoms with Crippen molar-refractivity contribution in [3.63, 3.8) is 0 Å². The van der Waals surface area contributed by atoms with Crippen LogP contribution in [0.2, 0.25) is 0 Å². The van der Waals surface area contributed by atoms with Gasteiger partial charge in [0, 0.05) is 0 Å². The Morgan fingerprint density at radius 3 is 1.18 bits per heavy atom. The minimum absolute atomic E-state index is 0. The average molecular weight is 679 g/mol. The minimum Gasteiger partial charge on any atom is -0.766 e. The van der Waals surface area contributed by atoms with Crippen LogP contribution in [-0.2, 0) is 34.9 Å². The first-order chi connectivity index (χ1) is 17.1. The summed E-state index contributed by atoms with van der Waals surface area (Å²) in [5, 5.41) is 0. The number of hydrogen-bond donors (Lipinski definition) is 0. The fourth-order valence-electron chi connectivity index (χ4n) is 2.54. The molecule has 0 aromatic heterocycles. The van der Waals surface area contributed by atoms with Crippen molar-refractivity contribution >= 4 is 31.3 Å². The Morgan fingerprint density at radius 2 is 0.925 bits per heavy atom. The van der Waals surface area contributed by atoms with Gasteiger partial charge in [-0.15, -0.1) is 3.63 Å². The molecule has 2 rings (SSSR count). The molecule has 0 fully saturated rings. The summed E-state index contributed by atoms with van der Waals surface area (Å²) in [4.78, 5) is 0. The SMILES string of the molecule is Cc1cc(C)cc(-c2cc(C)c(C)c(C)c2)c1.O=S(=O)(OS(=O)(=O)C(F)(F)F)C(F)(F)F.O=S([O-])C(F)(F)F.[K+]. The molecule has 7 nitrogen and oxygen atoms in total. The van der Waals surface area contributed by atoms with E-state index in [-0.39, 0.29) is 51.4 Å². The van der Waals surface area contributed by atoms with Crippen molar-refractivity contribution in [2.24, 2.45) is 0 Å². The standard InChI is InChI=1S/C17H20.C2F6O5S2.CHF3O2S.K/c1-11-6-12(2)8-16(7-11)17-9-13(3)15(5)14(4)10-17;3-1(4,5)14(9,10)13-15(11,12)2(6,7)8;2-1(3,4)7(5)6;/h6-10H,1-5H3;;(H,5,6);/q;;;+1/p-1. The Labute approximate surface area is 269 Å². The third-order valence-electron chi connectivity index (χ3n) is 4.42. The van der Waals surface area contributed by atoms with Gasteiger partial charge in [-0.1, -0.05) is 41.5 Å². The van der Waals surface area contributed by atoms with Gasteiger partial charge in [0.2, 0.25) is 0 Å². The van der Waals surface area contributed by atoms with Crippen LogP contribution in [-0.4, -0.2) is 42.1 Å².